The summed E-state index contributed by atoms with van der Waals surface area (Å²) in [6, 6.07) is 3.75. The Hall–Kier alpha value is -2.02. The fourth-order valence-electron chi connectivity index (χ4n) is 2.34. The normalized spacial score (nSPS) is 21.7. The molecule has 0 spiro atoms. The SMILES string of the molecule is CN=C(NCc1ccco1)NCC1CCC(C(=O)N(C)C)O1. The Morgan fingerprint density at radius 2 is 2.23 bits per heavy atom. The molecule has 2 rings (SSSR count). The van der Waals surface area contributed by atoms with Crippen LogP contribution >= 0.6 is 0 Å². The minimum atomic E-state index is -0.320. The molecule has 1 fully saturated rings. The summed E-state index contributed by atoms with van der Waals surface area (Å²) in [6.45, 7) is 1.19. The van der Waals surface area contributed by atoms with E-state index in [1.54, 1.807) is 32.3 Å². The molecule has 2 unspecified atom stereocenters. The van der Waals surface area contributed by atoms with Gasteiger partial charge in [0.15, 0.2) is 5.96 Å². The summed E-state index contributed by atoms with van der Waals surface area (Å²) in [5.74, 6) is 1.56. The van der Waals surface area contributed by atoms with Crippen LogP contribution in [-0.2, 0) is 16.1 Å². The molecule has 1 aliphatic heterocycles. The molecule has 1 aromatic rings. The van der Waals surface area contributed by atoms with E-state index in [1.165, 1.54) is 0 Å². The van der Waals surface area contributed by atoms with Crippen molar-refractivity contribution in [2.24, 2.45) is 4.99 Å². The first-order chi connectivity index (χ1) is 10.6. The van der Waals surface area contributed by atoms with Crippen LogP contribution in [0.15, 0.2) is 27.8 Å². The Kier molecular flexibility index (Phi) is 5.83. The fraction of sp³-hybridized carbons (Fsp3) is 0.600. The minimum absolute atomic E-state index is 0.0241. The third-order valence-corrected chi connectivity index (χ3v) is 3.55. The zero-order valence-electron chi connectivity index (χ0n) is 13.3. The maximum absolute atomic E-state index is 11.9. The number of carbonyl (C=O) groups excluding carboxylic acids is 1. The molecular formula is C15H24N4O3. The van der Waals surface area contributed by atoms with Gasteiger partial charge in [-0.2, -0.15) is 0 Å². The van der Waals surface area contributed by atoms with Crippen LogP contribution < -0.4 is 10.6 Å². The summed E-state index contributed by atoms with van der Waals surface area (Å²) in [7, 11) is 5.21. The first-order valence-corrected chi connectivity index (χ1v) is 7.43. The summed E-state index contributed by atoms with van der Waals surface area (Å²) in [5.41, 5.74) is 0. The number of guanidine groups is 1. The topological polar surface area (TPSA) is 79.1 Å². The van der Waals surface area contributed by atoms with E-state index in [-0.39, 0.29) is 18.1 Å². The van der Waals surface area contributed by atoms with Crippen LogP contribution in [-0.4, -0.2) is 56.7 Å². The molecule has 0 saturated carbocycles. The van der Waals surface area contributed by atoms with Crippen LogP contribution in [0.1, 0.15) is 18.6 Å². The lowest BCUT2D eigenvalue weighted by atomic mass is 10.2. The zero-order chi connectivity index (χ0) is 15.9. The lowest BCUT2D eigenvalue weighted by Crippen LogP contribution is -2.41. The number of likely N-dealkylation sites (N-methyl/N-ethyl adjacent to an activating group) is 1. The molecule has 122 valence electrons. The van der Waals surface area contributed by atoms with Gasteiger partial charge in [0, 0.05) is 27.7 Å². The van der Waals surface area contributed by atoms with Crippen molar-refractivity contribution >= 4 is 11.9 Å². The van der Waals surface area contributed by atoms with Crippen molar-refractivity contribution in [3.63, 3.8) is 0 Å². The highest BCUT2D eigenvalue weighted by Gasteiger charge is 2.31. The Balaban J connectivity index is 1.71. The first-order valence-electron chi connectivity index (χ1n) is 7.43. The molecule has 0 bridgehead atoms. The molecule has 7 nitrogen and oxygen atoms in total. The lowest BCUT2D eigenvalue weighted by Gasteiger charge is -2.18. The van der Waals surface area contributed by atoms with Gasteiger partial charge in [0.05, 0.1) is 18.9 Å². The molecule has 7 heteroatoms. The molecule has 1 saturated heterocycles. The van der Waals surface area contributed by atoms with Crippen molar-refractivity contribution in [1.82, 2.24) is 15.5 Å². The third-order valence-electron chi connectivity index (χ3n) is 3.55. The highest BCUT2D eigenvalue weighted by atomic mass is 16.5. The highest BCUT2D eigenvalue weighted by Crippen LogP contribution is 2.20. The maximum Gasteiger partial charge on any atom is 0.251 e. The van der Waals surface area contributed by atoms with Crippen molar-refractivity contribution in [2.75, 3.05) is 27.7 Å². The van der Waals surface area contributed by atoms with Crippen molar-refractivity contribution in [2.45, 2.75) is 31.6 Å². The van der Waals surface area contributed by atoms with E-state index < -0.39 is 0 Å². The number of furan rings is 1. The van der Waals surface area contributed by atoms with Crippen LogP contribution in [0.4, 0.5) is 0 Å². The molecule has 1 amide bonds. The number of rotatable bonds is 5. The average molecular weight is 308 g/mol. The molecule has 2 heterocycles. The van der Waals surface area contributed by atoms with Crippen LogP contribution in [0.25, 0.3) is 0 Å². The van der Waals surface area contributed by atoms with Gasteiger partial charge in [-0.3, -0.25) is 9.79 Å². The number of nitrogens with one attached hydrogen (secondary N) is 2. The maximum atomic E-state index is 11.9. The van der Waals surface area contributed by atoms with E-state index in [4.69, 9.17) is 9.15 Å². The van der Waals surface area contributed by atoms with Crippen LogP contribution in [0.5, 0.6) is 0 Å². The largest absolute Gasteiger partial charge is 0.467 e. The van der Waals surface area contributed by atoms with E-state index in [2.05, 4.69) is 15.6 Å². The molecular weight excluding hydrogens is 284 g/mol. The molecule has 0 aliphatic carbocycles. The number of ether oxygens (including phenoxy) is 1. The van der Waals surface area contributed by atoms with E-state index in [1.807, 2.05) is 12.1 Å². The number of hydrogen-bond acceptors (Lipinski definition) is 4. The number of carbonyl (C=O) groups is 1. The number of hydrogen-bond donors (Lipinski definition) is 2. The molecule has 0 aromatic carbocycles. The van der Waals surface area contributed by atoms with Crippen molar-refractivity contribution < 1.29 is 13.9 Å². The van der Waals surface area contributed by atoms with Crippen molar-refractivity contribution in [3.05, 3.63) is 24.2 Å². The van der Waals surface area contributed by atoms with Gasteiger partial charge in [0.25, 0.3) is 5.91 Å². The van der Waals surface area contributed by atoms with Crippen LogP contribution in [0.2, 0.25) is 0 Å². The predicted octanol–water partition coefficient (Wildman–Crippen LogP) is 0.580. The molecule has 2 atom stereocenters. The molecule has 22 heavy (non-hydrogen) atoms. The molecule has 2 N–H and O–H groups in total. The van der Waals surface area contributed by atoms with Gasteiger partial charge in [0.2, 0.25) is 0 Å². The summed E-state index contributed by atoms with van der Waals surface area (Å²) < 4.78 is 11.0. The summed E-state index contributed by atoms with van der Waals surface area (Å²) in [4.78, 5) is 17.6. The molecule has 0 radical (unpaired) electrons. The van der Waals surface area contributed by atoms with Gasteiger partial charge in [-0.1, -0.05) is 0 Å². The van der Waals surface area contributed by atoms with Gasteiger partial charge < -0.3 is 24.7 Å². The van der Waals surface area contributed by atoms with E-state index in [0.717, 1.165) is 18.6 Å². The van der Waals surface area contributed by atoms with Gasteiger partial charge in [-0.25, -0.2) is 0 Å². The quantitative estimate of drug-likeness (QED) is 0.614. The predicted molar refractivity (Wildman–Crippen MR) is 83.5 cm³/mol. The van der Waals surface area contributed by atoms with Crippen LogP contribution in [0.3, 0.4) is 0 Å². The average Bonchev–Trinajstić information content (AvgIpc) is 3.18. The summed E-state index contributed by atoms with van der Waals surface area (Å²) in [6.07, 6.45) is 2.98. The van der Waals surface area contributed by atoms with Gasteiger partial charge >= 0.3 is 0 Å². The Bertz CT molecular complexity index is 499. The Labute approximate surface area is 130 Å². The number of nitrogens with zero attached hydrogens (tertiary/aromatic N) is 2. The second-order valence-electron chi connectivity index (χ2n) is 5.44. The van der Waals surface area contributed by atoms with Crippen LogP contribution in [0, 0.1) is 0 Å². The smallest absolute Gasteiger partial charge is 0.251 e. The minimum Gasteiger partial charge on any atom is -0.467 e. The second-order valence-corrected chi connectivity index (χ2v) is 5.44. The summed E-state index contributed by atoms with van der Waals surface area (Å²) >= 11 is 0. The molecule has 1 aromatic heterocycles. The van der Waals surface area contributed by atoms with Crippen molar-refractivity contribution in [3.8, 4) is 0 Å². The third kappa shape index (κ3) is 4.49. The summed E-state index contributed by atoms with van der Waals surface area (Å²) in [5, 5.41) is 6.37. The number of amides is 1. The van der Waals surface area contributed by atoms with Gasteiger partial charge in [-0.05, 0) is 25.0 Å². The van der Waals surface area contributed by atoms with Crippen molar-refractivity contribution in [1.29, 1.82) is 0 Å². The van der Waals surface area contributed by atoms with E-state index in [9.17, 15) is 4.79 Å². The highest BCUT2D eigenvalue weighted by molar-refractivity contribution is 5.81. The Morgan fingerprint density at radius 3 is 2.86 bits per heavy atom. The monoisotopic (exact) mass is 308 g/mol. The van der Waals surface area contributed by atoms with E-state index in [0.29, 0.717) is 19.0 Å². The molecule has 1 aliphatic rings. The number of aliphatic imine (C=N–C) groups is 1. The zero-order valence-corrected chi connectivity index (χ0v) is 13.3. The second kappa shape index (κ2) is 7.84. The standard InChI is InChI=1S/C15H24N4O3/c1-16-15(17-9-11-5-4-8-21-11)18-10-12-6-7-13(22-12)14(20)19(2)3/h4-5,8,12-13H,6-7,9-10H2,1-3H3,(H2,16,17,18). The fourth-order valence-corrected chi connectivity index (χ4v) is 2.34. The van der Waals surface area contributed by atoms with Gasteiger partial charge in [-0.15, -0.1) is 0 Å². The first kappa shape index (κ1) is 16.4. The Morgan fingerprint density at radius 1 is 1.41 bits per heavy atom. The van der Waals surface area contributed by atoms with Gasteiger partial charge in [0.1, 0.15) is 11.9 Å². The lowest BCUT2D eigenvalue weighted by molar-refractivity contribution is -0.140. The van der Waals surface area contributed by atoms with E-state index >= 15 is 0 Å².